The van der Waals surface area contributed by atoms with Crippen LogP contribution in [-0.2, 0) is 4.79 Å². The molecule has 1 aromatic carbocycles. The SMILES string of the molecule is Cc1ccccc1C(C)NC(=O)CN1CCCC(N)C1. The van der Waals surface area contributed by atoms with Crippen molar-refractivity contribution >= 4 is 5.91 Å². The van der Waals surface area contributed by atoms with Gasteiger partial charge in [0.2, 0.25) is 5.91 Å². The number of carbonyl (C=O) groups excluding carboxylic acids is 1. The molecule has 1 fully saturated rings. The largest absolute Gasteiger partial charge is 0.348 e. The van der Waals surface area contributed by atoms with E-state index in [0.29, 0.717) is 6.54 Å². The molecule has 2 unspecified atom stereocenters. The average Bonchev–Trinajstić information content (AvgIpc) is 2.38. The molecular weight excluding hydrogens is 250 g/mol. The summed E-state index contributed by atoms with van der Waals surface area (Å²) in [7, 11) is 0. The zero-order chi connectivity index (χ0) is 14.5. The standard InChI is InChI=1S/C16H25N3O/c1-12-6-3-4-8-15(12)13(2)18-16(20)11-19-9-5-7-14(17)10-19/h3-4,6,8,13-14H,5,7,9-11,17H2,1-2H3,(H,18,20). The van der Waals surface area contributed by atoms with Gasteiger partial charge in [0.1, 0.15) is 0 Å². The Balaban J connectivity index is 1.86. The maximum atomic E-state index is 12.1. The van der Waals surface area contributed by atoms with E-state index in [1.165, 1.54) is 11.1 Å². The van der Waals surface area contributed by atoms with Gasteiger partial charge in [0.15, 0.2) is 0 Å². The Morgan fingerprint density at radius 2 is 2.25 bits per heavy atom. The van der Waals surface area contributed by atoms with Gasteiger partial charge in [-0.05, 0) is 44.4 Å². The van der Waals surface area contributed by atoms with Crippen molar-refractivity contribution in [3.05, 3.63) is 35.4 Å². The smallest absolute Gasteiger partial charge is 0.234 e. The average molecular weight is 275 g/mol. The highest BCUT2D eigenvalue weighted by molar-refractivity contribution is 5.78. The lowest BCUT2D eigenvalue weighted by atomic mass is 10.0. The van der Waals surface area contributed by atoms with Crippen molar-refractivity contribution in [2.24, 2.45) is 5.73 Å². The molecule has 0 aliphatic carbocycles. The van der Waals surface area contributed by atoms with Gasteiger partial charge in [-0.2, -0.15) is 0 Å². The summed E-state index contributed by atoms with van der Waals surface area (Å²) >= 11 is 0. The van der Waals surface area contributed by atoms with Crippen LogP contribution in [-0.4, -0.2) is 36.5 Å². The molecule has 1 saturated heterocycles. The van der Waals surface area contributed by atoms with Crippen molar-refractivity contribution in [1.82, 2.24) is 10.2 Å². The third-order valence-electron chi connectivity index (χ3n) is 3.94. The van der Waals surface area contributed by atoms with Gasteiger partial charge in [0.05, 0.1) is 12.6 Å². The van der Waals surface area contributed by atoms with Crippen LogP contribution >= 0.6 is 0 Å². The number of likely N-dealkylation sites (tertiary alicyclic amines) is 1. The number of aryl methyl sites for hydroxylation is 1. The number of hydrogen-bond donors (Lipinski definition) is 2. The van der Waals surface area contributed by atoms with E-state index in [0.717, 1.165) is 25.9 Å². The first-order valence-corrected chi connectivity index (χ1v) is 7.39. The number of nitrogens with one attached hydrogen (secondary N) is 1. The number of piperidine rings is 1. The molecular formula is C16H25N3O. The van der Waals surface area contributed by atoms with Crippen LogP contribution in [0.2, 0.25) is 0 Å². The summed E-state index contributed by atoms with van der Waals surface area (Å²) in [5.74, 6) is 0.0786. The molecule has 2 rings (SSSR count). The molecule has 0 radical (unpaired) electrons. The number of benzene rings is 1. The van der Waals surface area contributed by atoms with Crippen LogP contribution in [0.5, 0.6) is 0 Å². The topological polar surface area (TPSA) is 58.4 Å². The van der Waals surface area contributed by atoms with E-state index in [2.05, 4.69) is 29.3 Å². The summed E-state index contributed by atoms with van der Waals surface area (Å²) in [5, 5.41) is 3.08. The lowest BCUT2D eigenvalue weighted by Crippen LogP contribution is -2.47. The van der Waals surface area contributed by atoms with E-state index < -0.39 is 0 Å². The minimum absolute atomic E-state index is 0.0437. The Labute approximate surface area is 121 Å². The van der Waals surface area contributed by atoms with Crippen LogP contribution in [0.3, 0.4) is 0 Å². The molecule has 1 aromatic rings. The highest BCUT2D eigenvalue weighted by Gasteiger charge is 2.19. The molecule has 4 nitrogen and oxygen atoms in total. The minimum Gasteiger partial charge on any atom is -0.348 e. The summed E-state index contributed by atoms with van der Waals surface area (Å²) in [6.45, 7) is 6.35. The Kier molecular flexibility index (Phi) is 5.15. The second-order valence-corrected chi connectivity index (χ2v) is 5.78. The summed E-state index contributed by atoms with van der Waals surface area (Å²) in [4.78, 5) is 14.3. The number of amides is 1. The zero-order valence-corrected chi connectivity index (χ0v) is 12.4. The quantitative estimate of drug-likeness (QED) is 0.877. The van der Waals surface area contributed by atoms with Crippen LogP contribution in [0.4, 0.5) is 0 Å². The van der Waals surface area contributed by atoms with E-state index >= 15 is 0 Å². The fourth-order valence-electron chi connectivity index (χ4n) is 2.88. The Hall–Kier alpha value is -1.39. The second-order valence-electron chi connectivity index (χ2n) is 5.78. The molecule has 2 atom stereocenters. The molecule has 0 aromatic heterocycles. The summed E-state index contributed by atoms with van der Waals surface area (Å²) in [6, 6.07) is 8.42. The van der Waals surface area contributed by atoms with Gasteiger partial charge in [-0.15, -0.1) is 0 Å². The molecule has 3 N–H and O–H groups in total. The molecule has 1 aliphatic rings. The van der Waals surface area contributed by atoms with Crippen molar-refractivity contribution in [1.29, 1.82) is 0 Å². The van der Waals surface area contributed by atoms with Gasteiger partial charge in [0, 0.05) is 12.6 Å². The van der Waals surface area contributed by atoms with Crippen LogP contribution < -0.4 is 11.1 Å². The van der Waals surface area contributed by atoms with Crippen molar-refractivity contribution in [3.63, 3.8) is 0 Å². The fraction of sp³-hybridized carbons (Fsp3) is 0.562. The minimum atomic E-state index is 0.0437. The van der Waals surface area contributed by atoms with Gasteiger partial charge in [-0.3, -0.25) is 9.69 Å². The van der Waals surface area contributed by atoms with E-state index in [-0.39, 0.29) is 18.0 Å². The van der Waals surface area contributed by atoms with Crippen molar-refractivity contribution in [2.75, 3.05) is 19.6 Å². The van der Waals surface area contributed by atoms with Crippen LogP contribution in [0.15, 0.2) is 24.3 Å². The third-order valence-corrected chi connectivity index (χ3v) is 3.94. The van der Waals surface area contributed by atoms with E-state index in [4.69, 9.17) is 5.73 Å². The zero-order valence-electron chi connectivity index (χ0n) is 12.4. The molecule has 4 heteroatoms. The second kappa shape index (κ2) is 6.86. The third kappa shape index (κ3) is 4.05. The molecule has 20 heavy (non-hydrogen) atoms. The molecule has 0 saturated carbocycles. The van der Waals surface area contributed by atoms with Gasteiger partial charge in [-0.1, -0.05) is 24.3 Å². The molecule has 1 heterocycles. The van der Waals surface area contributed by atoms with Gasteiger partial charge < -0.3 is 11.1 Å². The number of nitrogens with two attached hydrogens (primary N) is 1. The lowest BCUT2D eigenvalue weighted by molar-refractivity contribution is -0.123. The number of nitrogens with zero attached hydrogens (tertiary/aromatic N) is 1. The van der Waals surface area contributed by atoms with E-state index in [1.807, 2.05) is 19.1 Å². The van der Waals surface area contributed by atoms with Crippen molar-refractivity contribution in [3.8, 4) is 0 Å². The Bertz CT molecular complexity index is 461. The molecule has 0 spiro atoms. The summed E-state index contributed by atoms with van der Waals surface area (Å²) in [6.07, 6.45) is 2.15. The van der Waals surface area contributed by atoms with Gasteiger partial charge in [0.25, 0.3) is 0 Å². The number of hydrogen-bond acceptors (Lipinski definition) is 3. The predicted octanol–water partition coefficient (Wildman–Crippen LogP) is 1.60. The normalized spacial score (nSPS) is 21.4. The monoisotopic (exact) mass is 275 g/mol. The van der Waals surface area contributed by atoms with Crippen LogP contribution in [0.1, 0.15) is 36.9 Å². The maximum absolute atomic E-state index is 12.1. The maximum Gasteiger partial charge on any atom is 0.234 e. The molecule has 1 amide bonds. The van der Waals surface area contributed by atoms with Crippen LogP contribution in [0.25, 0.3) is 0 Å². The Morgan fingerprint density at radius 3 is 2.95 bits per heavy atom. The number of rotatable bonds is 4. The van der Waals surface area contributed by atoms with E-state index in [1.54, 1.807) is 0 Å². The van der Waals surface area contributed by atoms with Gasteiger partial charge >= 0.3 is 0 Å². The fourth-order valence-corrected chi connectivity index (χ4v) is 2.88. The van der Waals surface area contributed by atoms with Crippen LogP contribution in [0, 0.1) is 6.92 Å². The molecule has 0 bridgehead atoms. The van der Waals surface area contributed by atoms with E-state index in [9.17, 15) is 4.79 Å². The number of carbonyl (C=O) groups is 1. The first kappa shape index (κ1) is 15.0. The lowest BCUT2D eigenvalue weighted by Gasteiger charge is -2.30. The van der Waals surface area contributed by atoms with Gasteiger partial charge in [-0.25, -0.2) is 0 Å². The van der Waals surface area contributed by atoms with Crippen molar-refractivity contribution < 1.29 is 4.79 Å². The summed E-state index contributed by atoms with van der Waals surface area (Å²) in [5.41, 5.74) is 8.33. The first-order chi connectivity index (χ1) is 9.56. The highest BCUT2D eigenvalue weighted by Crippen LogP contribution is 2.16. The Morgan fingerprint density at radius 1 is 1.50 bits per heavy atom. The summed E-state index contributed by atoms with van der Waals surface area (Å²) < 4.78 is 0. The molecule has 1 aliphatic heterocycles. The predicted molar refractivity (Wildman–Crippen MR) is 81.4 cm³/mol. The highest BCUT2D eigenvalue weighted by atomic mass is 16.2. The molecule has 110 valence electrons. The van der Waals surface area contributed by atoms with Crippen molar-refractivity contribution in [2.45, 2.75) is 38.8 Å². The first-order valence-electron chi connectivity index (χ1n) is 7.39.